The predicted molar refractivity (Wildman–Crippen MR) is 145 cm³/mol. The van der Waals surface area contributed by atoms with Crippen molar-refractivity contribution >= 4 is 34.5 Å². The Hall–Kier alpha value is -4.09. The summed E-state index contributed by atoms with van der Waals surface area (Å²) in [5, 5.41) is 0.752. The van der Waals surface area contributed by atoms with Gasteiger partial charge in [-0.15, -0.1) is 0 Å². The molecule has 0 amide bonds. The molecule has 6 rings (SSSR count). The van der Waals surface area contributed by atoms with E-state index >= 15 is 0 Å². The van der Waals surface area contributed by atoms with Crippen LogP contribution in [0.2, 0.25) is 0 Å². The Kier molecular flexibility index (Phi) is 6.61. The van der Waals surface area contributed by atoms with Crippen molar-refractivity contribution in [3.63, 3.8) is 0 Å². The van der Waals surface area contributed by atoms with Crippen molar-refractivity contribution in [3.8, 4) is 11.3 Å². The van der Waals surface area contributed by atoms with Gasteiger partial charge in [-0.1, -0.05) is 6.07 Å². The minimum atomic E-state index is -0.0617. The van der Waals surface area contributed by atoms with E-state index in [-0.39, 0.29) is 18.3 Å². The lowest BCUT2D eigenvalue weighted by molar-refractivity contribution is 0.0918. The summed E-state index contributed by atoms with van der Waals surface area (Å²) in [7, 11) is 0. The van der Waals surface area contributed by atoms with E-state index in [1.807, 2.05) is 13.0 Å². The number of ether oxygens (including phenoxy) is 2. The molecule has 196 valence electrons. The maximum atomic E-state index is 13.7. The zero-order valence-corrected chi connectivity index (χ0v) is 21.3. The number of nitrogens with zero attached hydrogens (tertiary/aromatic N) is 7. The van der Waals surface area contributed by atoms with Gasteiger partial charge in [-0.2, -0.15) is 4.98 Å². The third-order valence-electron chi connectivity index (χ3n) is 7.09. The van der Waals surface area contributed by atoms with Crippen molar-refractivity contribution in [1.82, 2.24) is 24.5 Å². The van der Waals surface area contributed by atoms with Crippen molar-refractivity contribution in [2.45, 2.75) is 13.3 Å². The van der Waals surface area contributed by atoms with Crippen LogP contribution in [-0.4, -0.2) is 83.0 Å². The fourth-order valence-corrected chi connectivity index (χ4v) is 4.90. The largest absolute Gasteiger partial charge is 0.378 e. The molecule has 1 aromatic carbocycles. The first kappa shape index (κ1) is 24.3. The molecule has 11 nitrogen and oxygen atoms in total. The molecule has 0 saturated carbocycles. The number of aryl methyl sites for hydroxylation is 1. The highest BCUT2D eigenvalue weighted by atomic mass is 16.5. The van der Waals surface area contributed by atoms with Crippen molar-refractivity contribution in [3.05, 3.63) is 54.0 Å². The first-order valence-corrected chi connectivity index (χ1v) is 12.8. The van der Waals surface area contributed by atoms with Gasteiger partial charge in [0.25, 0.3) is 0 Å². The molecule has 5 heterocycles. The van der Waals surface area contributed by atoms with Gasteiger partial charge in [-0.3, -0.25) is 9.36 Å². The lowest BCUT2D eigenvalue weighted by Crippen LogP contribution is -2.37. The van der Waals surface area contributed by atoms with Crippen LogP contribution in [0.5, 0.6) is 0 Å². The summed E-state index contributed by atoms with van der Waals surface area (Å²) in [6, 6.07) is 8.19. The topological polar surface area (TPSA) is 125 Å². The van der Waals surface area contributed by atoms with Crippen LogP contribution in [0.15, 0.2) is 42.9 Å². The standard InChI is InChI=1S/C27H30N8O3/c1-18-2-3-21(33-6-10-37-11-7-33)14-19(18)15-23(36)35-5-4-22-24(20-16-29-26(28)30-17-20)31-27(32-25(22)35)34-8-12-38-13-9-34/h2-5,14,16-17H,6-13,15H2,1H3,(H2,28,29,30). The monoisotopic (exact) mass is 514 g/mol. The van der Waals surface area contributed by atoms with E-state index in [1.54, 1.807) is 23.2 Å². The SMILES string of the molecule is Cc1ccc(N2CCOCC2)cc1CC(=O)n1ccc2c(-c3cnc(N)nc3)nc(N3CCOCC3)nc21. The average Bonchev–Trinajstić information content (AvgIpc) is 3.39. The molecule has 2 fully saturated rings. The Labute approximate surface area is 220 Å². The minimum Gasteiger partial charge on any atom is -0.378 e. The highest BCUT2D eigenvalue weighted by Crippen LogP contribution is 2.30. The fourth-order valence-electron chi connectivity index (χ4n) is 4.90. The highest BCUT2D eigenvalue weighted by Gasteiger charge is 2.22. The maximum Gasteiger partial charge on any atom is 0.236 e. The number of benzene rings is 1. The smallest absolute Gasteiger partial charge is 0.236 e. The van der Waals surface area contributed by atoms with Gasteiger partial charge >= 0.3 is 0 Å². The van der Waals surface area contributed by atoms with E-state index in [4.69, 9.17) is 25.2 Å². The summed E-state index contributed by atoms with van der Waals surface area (Å²) in [6.45, 7) is 7.69. The van der Waals surface area contributed by atoms with E-state index < -0.39 is 0 Å². The van der Waals surface area contributed by atoms with Gasteiger partial charge in [0.2, 0.25) is 17.8 Å². The number of nitrogen functional groups attached to an aromatic ring is 1. The Morgan fingerprint density at radius 1 is 0.947 bits per heavy atom. The number of nitrogens with two attached hydrogens (primary N) is 1. The Balaban J connectivity index is 1.37. The summed E-state index contributed by atoms with van der Waals surface area (Å²) >= 11 is 0. The summed E-state index contributed by atoms with van der Waals surface area (Å²) in [4.78, 5) is 36.1. The molecule has 0 unspecified atom stereocenters. The predicted octanol–water partition coefficient (Wildman–Crippen LogP) is 2.34. The van der Waals surface area contributed by atoms with Crippen LogP contribution in [0, 0.1) is 6.92 Å². The fraction of sp³-hybridized carbons (Fsp3) is 0.370. The second-order valence-electron chi connectivity index (χ2n) is 9.51. The number of morpholine rings is 2. The molecule has 11 heteroatoms. The lowest BCUT2D eigenvalue weighted by Gasteiger charge is -2.29. The molecule has 0 atom stereocenters. The summed E-state index contributed by atoms with van der Waals surface area (Å²) in [6.07, 6.45) is 5.32. The molecule has 0 radical (unpaired) electrons. The lowest BCUT2D eigenvalue weighted by atomic mass is 10.0. The average molecular weight is 515 g/mol. The van der Waals surface area contributed by atoms with Crippen molar-refractivity contribution in [2.24, 2.45) is 0 Å². The number of anilines is 3. The number of hydrogen-bond acceptors (Lipinski definition) is 10. The van der Waals surface area contributed by atoms with Crippen LogP contribution in [0.1, 0.15) is 15.9 Å². The number of fused-ring (bicyclic) bond motifs is 1. The molecule has 2 aliphatic heterocycles. The van der Waals surface area contributed by atoms with Crippen LogP contribution in [0.4, 0.5) is 17.6 Å². The van der Waals surface area contributed by atoms with E-state index in [0.717, 1.165) is 35.3 Å². The summed E-state index contributed by atoms with van der Waals surface area (Å²) < 4.78 is 12.6. The minimum absolute atomic E-state index is 0.0617. The van der Waals surface area contributed by atoms with Crippen LogP contribution >= 0.6 is 0 Å². The van der Waals surface area contributed by atoms with E-state index in [0.29, 0.717) is 62.4 Å². The molecule has 4 aromatic rings. The summed E-state index contributed by atoms with van der Waals surface area (Å²) in [5.74, 6) is 0.675. The molecule has 0 spiro atoms. The number of carbonyl (C=O) groups is 1. The molecule has 0 bridgehead atoms. The van der Waals surface area contributed by atoms with Crippen LogP contribution < -0.4 is 15.5 Å². The van der Waals surface area contributed by atoms with E-state index in [2.05, 4.69) is 38.0 Å². The molecule has 2 N–H and O–H groups in total. The molecular formula is C27H30N8O3. The van der Waals surface area contributed by atoms with Gasteiger partial charge < -0.3 is 25.0 Å². The summed E-state index contributed by atoms with van der Waals surface area (Å²) in [5.41, 5.74) is 10.8. The number of carbonyl (C=O) groups excluding carboxylic acids is 1. The zero-order valence-electron chi connectivity index (χ0n) is 21.3. The van der Waals surface area contributed by atoms with Gasteiger partial charge in [0.05, 0.1) is 38.5 Å². The molecule has 2 saturated heterocycles. The Morgan fingerprint density at radius 3 is 2.34 bits per heavy atom. The zero-order chi connectivity index (χ0) is 26.1. The number of rotatable bonds is 5. The molecule has 0 aliphatic carbocycles. The third kappa shape index (κ3) is 4.77. The molecule has 38 heavy (non-hydrogen) atoms. The normalized spacial score (nSPS) is 16.2. The first-order valence-electron chi connectivity index (χ1n) is 12.8. The van der Waals surface area contributed by atoms with Crippen molar-refractivity contribution in [1.29, 1.82) is 0 Å². The van der Waals surface area contributed by atoms with Crippen LogP contribution in [-0.2, 0) is 15.9 Å². The van der Waals surface area contributed by atoms with Crippen LogP contribution in [0.3, 0.4) is 0 Å². The second-order valence-corrected chi connectivity index (χ2v) is 9.51. The van der Waals surface area contributed by atoms with Gasteiger partial charge in [0.15, 0.2) is 5.65 Å². The molecule has 2 aliphatic rings. The maximum absolute atomic E-state index is 13.7. The Morgan fingerprint density at radius 2 is 1.63 bits per heavy atom. The molecule has 3 aromatic heterocycles. The van der Waals surface area contributed by atoms with Crippen LogP contribution in [0.25, 0.3) is 22.3 Å². The van der Waals surface area contributed by atoms with E-state index in [1.165, 1.54) is 0 Å². The Bertz CT molecular complexity index is 1460. The molecular weight excluding hydrogens is 484 g/mol. The number of aromatic nitrogens is 5. The third-order valence-corrected chi connectivity index (χ3v) is 7.09. The van der Waals surface area contributed by atoms with Gasteiger partial charge in [-0.05, 0) is 36.2 Å². The number of hydrogen-bond donors (Lipinski definition) is 1. The van der Waals surface area contributed by atoms with Crippen molar-refractivity contribution in [2.75, 3.05) is 68.1 Å². The van der Waals surface area contributed by atoms with Gasteiger partial charge in [0.1, 0.15) is 0 Å². The first-order chi connectivity index (χ1) is 18.6. The highest BCUT2D eigenvalue weighted by molar-refractivity contribution is 5.98. The second kappa shape index (κ2) is 10.3. The van der Waals surface area contributed by atoms with Gasteiger partial charge in [-0.25, -0.2) is 15.0 Å². The van der Waals surface area contributed by atoms with Crippen molar-refractivity contribution < 1.29 is 14.3 Å². The van der Waals surface area contributed by atoms with E-state index in [9.17, 15) is 4.79 Å². The quantitative estimate of drug-likeness (QED) is 0.424. The van der Waals surface area contributed by atoms with Gasteiger partial charge in [0, 0.05) is 61.4 Å².